The number of benzene rings is 1. The Hall–Kier alpha value is -0.710. The molecular weight excluding hydrogens is 272 g/mol. The maximum Gasteiger partial charge on any atom is 0.149 e. The molecule has 5 heteroatoms. The van der Waals surface area contributed by atoms with Gasteiger partial charge in [0.05, 0.1) is 11.6 Å². The van der Waals surface area contributed by atoms with E-state index in [0.717, 1.165) is 12.8 Å². The largest absolute Gasteiger partial charge is 0.384 e. The van der Waals surface area contributed by atoms with E-state index in [4.69, 9.17) is 16.3 Å². The van der Waals surface area contributed by atoms with Gasteiger partial charge in [0.2, 0.25) is 0 Å². The molecule has 0 spiro atoms. The molecule has 1 aromatic rings. The van der Waals surface area contributed by atoms with Crippen LogP contribution in [0.2, 0.25) is 5.02 Å². The van der Waals surface area contributed by atoms with Crippen molar-refractivity contribution in [3.05, 3.63) is 34.4 Å². The molecule has 0 amide bonds. The third-order valence-corrected chi connectivity index (χ3v) is 4.10. The first-order valence-corrected chi connectivity index (χ1v) is 6.78. The predicted octanol–water partition coefficient (Wildman–Crippen LogP) is 3.52. The fraction of sp³-hybridized carbons (Fsp3) is 0.571. The van der Waals surface area contributed by atoms with Crippen LogP contribution in [-0.2, 0) is 11.3 Å². The van der Waals surface area contributed by atoms with Crippen LogP contribution in [0.3, 0.4) is 0 Å². The third kappa shape index (κ3) is 3.25. The molecular formula is C14H18ClF2NO. The summed E-state index contributed by atoms with van der Waals surface area (Å²) in [7, 11) is 1.68. The van der Waals surface area contributed by atoms with Crippen LogP contribution in [0.4, 0.5) is 8.78 Å². The van der Waals surface area contributed by atoms with E-state index in [1.807, 2.05) is 0 Å². The van der Waals surface area contributed by atoms with Crippen molar-refractivity contribution in [1.29, 1.82) is 0 Å². The molecule has 1 saturated carbocycles. The molecule has 0 atom stereocenters. The summed E-state index contributed by atoms with van der Waals surface area (Å²) in [5, 5.41) is 3.07. The average Bonchev–Trinajstić information content (AvgIpc) is 2.35. The Bertz CT molecular complexity index is 449. The maximum atomic E-state index is 13.7. The van der Waals surface area contributed by atoms with Gasteiger partial charge in [0.15, 0.2) is 0 Å². The summed E-state index contributed by atoms with van der Waals surface area (Å²) < 4.78 is 32.4. The fourth-order valence-corrected chi connectivity index (χ4v) is 2.72. The highest BCUT2D eigenvalue weighted by molar-refractivity contribution is 6.30. The van der Waals surface area contributed by atoms with Crippen molar-refractivity contribution >= 4 is 11.6 Å². The van der Waals surface area contributed by atoms with Gasteiger partial charge in [-0.1, -0.05) is 18.0 Å². The quantitative estimate of drug-likeness (QED) is 0.809. The number of rotatable bonds is 6. The molecule has 1 aliphatic carbocycles. The van der Waals surface area contributed by atoms with Crippen molar-refractivity contribution in [1.82, 2.24) is 5.32 Å². The van der Waals surface area contributed by atoms with Gasteiger partial charge >= 0.3 is 0 Å². The molecule has 19 heavy (non-hydrogen) atoms. The lowest BCUT2D eigenvalue weighted by Crippen LogP contribution is -2.43. The van der Waals surface area contributed by atoms with Crippen LogP contribution in [-0.4, -0.2) is 20.3 Å². The summed E-state index contributed by atoms with van der Waals surface area (Å²) in [6.45, 7) is 1.52. The molecule has 0 unspecified atom stereocenters. The molecule has 1 N–H and O–H groups in total. The highest BCUT2D eigenvalue weighted by Gasteiger charge is 2.36. The highest BCUT2D eigenvalue weighted by atomic mass is 35.5. The first-order valence-electron chi connectivity index (χ1n) is 6.40. The second-order valence-corrected chi connectivity index (χ2v) is 5.62. The molecule has 0 aliphatic heterocycles. The number of hydrogen-bond acceptors (Lipinski definition) is 2. The topological polar surface area (TPSA) is 21.3 Å². The van der Waals surface area contributed by atoms with Crippen molar-refractivity contribution in [2.24, 2.45) is 5.41 Å². The van der Waals surface area contributed by atoms with E-state index < -0.39 is 11.6 Å². The third-order valence-electron chi connectivity index (χ3n) is 3.81. The molecule has 0 saturated heterocycles. The van der Waals surface area contributed by atoms with E-state index in [1.54, 1.807) is 7.11 Å². The number of hydrogen-bond donors (Lipinski definition) is 1. The summed E-state index contributed by atoms with van der Waals surface area (Å²) in [4.78, 5) is 0. The predicted molar refractivity (Wildman–Crippen MR) is 71.2 cm³/mol. The van der Waals surface area contributed by atoms with Crippen molar-refractivity contribution < 1.29 is 13.5 Å². The van der Waals surface area contributed by atoms with Crippen molar-refractivity contribution in [3.63, 3.8) is 0 Å². The van der Waals surface area contributed by atoms with E-state index in [1.165, 1.54) is 18.6 Å². The lowest BCUT2D eigenvalue weighted by Gasteiger charge is -2.41. The van der Waals surface area contributed by atoms with Gasteiger partial charge in [-0.3, -0.25) is 0 Å². The van der Waals surface area contributed by atoms with E-state index in [-0.39, 0.29) is 22.5 Å². The van der Waals surface area contributed by atoms with E-state index in [0.29, 0.717) is 13.2 Å². The van der Waals surface area contributed by atoms with Gasteiger partial charge in [0.25, 0.3) is 0 Å². The van der Waals surface area contributed by atoms with Crippen LogP contribution in [0.1, 0.15) is 24.8 Å². The molecule has 0 heterocycles. The normalized spacial score (nSPS) is 17.3. The number of ether oxygens (including phenoxy) is 1. The number of methoxy groups -OCH3 is 1. The molecule has 2 rings (SSSR count). The summed E-state index contributed by atoms with van der Waals surface area (Å²) >= 11 is 5.65. The molecule has 0 radical (unpaired) electrons. The standard InChI is InChI=1S/C14H18ClF2NO/c1-19-9-14(5-2-6-14)8-18-7-10-12(16)4-3-11(15)13(10)17/h3-4,18H,2,5-9H2,1H3. The molecule has 0 aromatic heterocycles. The van der Waals surface area contributed by atoms with Crippen LogP contribution in [0, 0.1) is 17.0 Å². The average molecular weight is 290 g/mol. The second-order valence-electron chi connectivity index (χ2n) is 5.21. The molecule has 0 bridgehead atoms. The molecule has 106 valence electrons. The SMILES string of the molecule is COCC1(CNCc2c(F)ccc(Cl)c2F)CCC1. The highest BCUT2D eigenvalue weighted by Crippen LogP contribution is 2.40. The van der Waals surface area contributed by atoms with Gasteiger partial charge in [0.1, 0.15) is 11.6 Å². The zero-order valence-corrected chi connectivity index (χ0v) is 11.7. The van der Waals surface area contributed by atoms with Gasteiger partial charge in [-0.05, 0) is 25.0 Å². The van der Waals surface area contributed by atoms with Crippen LogP contribution in [0.25, 0.3) is 0 Å². The molecule has 1 fully saturated rings. The monoisotopic (exact) mass is 289 g/mol. The van der Waals surface area contributed by atoms with Crippen LogP contribution in [0.15, 0.2) is 12.1 Å². The van der Waals surface area contributed by atoms with E-state index >= 15 is 0 Å². The van der Waals surface area contributed by atoms with Crippen LogP contribution in [0.5, 0.6) is 0 Å². The van der Waals surface area contributed by atoms with Crippen molar-refractivity contribution in [2.75, 3.05) is 20.3 Å². The lowest BCUT2D eigenvalue weighted by molar-refractivity contribution is 0.0176. The smallest absolute Gasteiger partial charge is 0.149 e. The van der Waals surface area contributed by atoms with E-state index in [2.05, 4.69) is 5.32 Å². The van der Waals surface area contributed by atoms with Gasteiger partial charge in [-0.25, -0.2) is 8.78 Å². The number of halogens is 3. The van der Waals surface area contributed by atoms with Gasteiger partial charge in [-0.15, -0.1) is 0 Å². The van der Waals surface area contributed by atoms with Crippen LogP contribution >= 0.6 is 11.6 Å². The summed E-state index contributed by atoms with van der Waals surface area (Å²) in [6.07, 6.45) is 3.37. The minimum Gasteiger partial charge on any atom is -0.384 e. The molecule has 1 aromatic carbocycles. The number of nitrogens with one attached hydrogen (secondary N) is 1. The zero-order chi connectivity index (χ0) is 13.9. The lowest BCUT2D eigenvalue weighted by atomic mass is 9.69. The zero-order valence-electron chi connectivity index (χ0n) is 10.9. The summed E-state index contributed by atoms with van der Waals surface area (Å²) in [6, 6.07) is 2.42. The molecule has 2 nitrogen and oxygen atoms in total. The van der Waals surface area contributed by atoms with Gasteiger partial charge in [0, 0.05) is 31.2 Å². The second kappa shape index (κ2) is 6.16. The first kappa shape index (κ1) is 14.7. The van der Waals surface area contributed by atoms with Crippen LogP contribution < -0.4 is 5.32 Å². The minimum atomic E-state index is -0.677. The first-order chi connectivity index (χ1) is 9.08. The minimum absolute atomic E-state index is 0.000565. The maximum absolute atomic E-state index is 13.7. The Morgan fingerprint density at radius 2 is 2.11 bits per heavy atom. The Balaban J connectivity index is 1.94. The Morgan fingerprint density at radius 3 is 2.68 bits per heavy atom. The van der Waals surface area contributed by atoms with Crippen molar-refractivity contribution in [2.45, 2.75) is 25.8 Å². The van der Waals surface area contributed by atoms with Gasteiger partial charge in [-0.2, -0.15) is 0 Å². The Kier molecular flexibility index (Phi) is 4.76. The fourth-order valence-electron chi connectivity index (χ4n) is 2.54. The summed E-state index contributed by atoms with van der Waals surface area (Å²) in [5.41, 5.74) is 0.125. The Labute approximate surface area is 117 Å². The van der Waals surface area contributed by atoms with Gasteiger partial charge < -0.3 is 10.1 Å². The van der Waals surface area contributed by atoms with Crippen molar-refractivity contribution in [3.8, 4) is 0 Å². The molecule has 1 aliphatic rings. The Morgan fingerprint density at radius 1 is 1.37 bits per heavy atom. The van der Waals surface area contributed by atoms with E-state index in [9.17, 15) is 8.78 Å². The summed E-state index contributed by atoms with van der Waals surface area (Å²) in [5.74, 6) is -1.24.